The number of carbonyl (C=O) groups is 1. The quantitative estimate of drug-likeness (QED) is 0.125. The number of hydrogen-bond acceptors (Lipinski definition) is 7. The van der Waals surface area contributed by atoms with Crippen molar-refractivity contribution in [2.24, 2.45) is 0 Å². The summed E-state index contributed by atoms with van der Waals surface area (Å²) < 4.78 is 18.7. The lowest BCUT2D eigenvalue weighted by Gasteiger charge is -2.37. The molecule has 7 aromatic rings. The normalized spacial score (nSPS) is 11.6. The third-order valence-corrected chi connectivity index (χ3v) is 9.43. The maximum absolute atomic E-state index is 13.1. The number of nitrogens with zero attached hydrogens (tertiary/aromatic N) is 4. The first-order valence-corrected chi connectivity index (χ1v) is 18.2. The molecule has 0 saturated heterocycles. The molecule has 5 aromatic carbocycles. The Bertz CT molecular complexity index is 2190. The Morgan fingerprint density at radius 3 is 1.55 bits per heavy atom. The van der Waals surface area contributed by atoms with Gasteiger partial charge in [-0.05, 0) is 72.9 Å². The third-order valence-electron chi connectivity index (χ3n) is 9.43. The fourth-order valence-corrected chi connectivity index (χ4v) is 6.97. The first kappa shape index (κ1) is 36.7. The number of carbonyl (C=O) groups excluding carboxylic acids is 1. The largest absolute Gasteiger partial charge is 0.497 e. The van der Waals surface area contributed by atoms with Gasteiger partial charge in [0.1, 0.15) is 28.5 Å². The van der Waals surface area contributed by atoms with E-state index in [-0.39, 0.29) is 0 Å². The van der Waals surface area contributed by atoms with E-state index in [4.69, 9.17) is 24.3 Å². The highest BCUT2D eigenvalue weighted by Gasteiger charge is 2.41. The second kappa shape index (κ2) is 15.8. The van der Waals surface area contributed by atoms with Crippen LogP contribution in [0.5, 0.6) is 11.5 Å². The summed E-state index contributed by atoms with van der Waals surface area (Å²) in [6.45, 7) is 6.57. The van der Waals surface area contributed by atoms with Gasteiger partial charge in [-0.25, -0.2) is 14.5 Å². The van der Waals surface area contributed by atoms with Crippen LogP contribution in [0.4, 0.5) is 16.4 Å². The van der Waals surface area contributed by atoms with Crippen molar-refractivity contribution >= 4 is 28.6 Å². The minimum absolute atomic E-state index is 0.342. The van der Waals surface area contributed by atoms with Gasteiger partial charge in [-0.1, -0.05) is 115 Å². The van der Waals surface area contributed by atoms with Gasteiger partial charge in [0.2, 0.25) is 0 Å². The van der Waals surface area contributed by atoms with Crippen molar-refractivity contribution < 1.29 is 19.0 Å². The van der Waals surface area contributed by atoms with Gasteiger partial charge < -0.3 is 19.1 Å². The molecule has 0 aliphatic carbocycles. The van der Waals surface area contributed by atoms with Crippen molar-refractivity contribution in [1.29, 1.82) is 0 Å². The van der Waals surface area contributed by atoms with Crippen molar-refractivity contribution in [3.8, 4) is 11.5 Å². The highest BCUT2D eigenvalue weighted by Crippen LogP contribution is 2.44. The number of fused-ring (bicyclic) bond motifs is 1. The van der Waals surface area contributed by atoms with Gasteiger partial charge in [-0.2, -0.15) is 5.10 Å². The highest BCUT2D eigenvalue weighted by molar-refractivity contribution is 5.94. The maximum atomic E-state index is 13.1. The van der Waals surface area contributed by atoms with E-state index in [9.17, 15) is 4.79 Å². The van der Waals surface area contributed by atoms with Gasteiger partial charge >= 0.3 is 6.09 Å². The maximum Gasteiger partial charge on any atom is 0.413 e. The molecule has 278 valence electrons. The summed E-state index contributed by atoms with van der Waals surface area (Å²) in [5, 5.41) is 9.33. The Morgan fingerprint density at radius 2 is 1.13 bits per heavy atom. The van der Waals surface area contributed by atoms with Gasteiger partial charge in [0.15, 0.2) is 5.82 Å². The fraction of sp³-hybridized carbons (Fsp3) is 0.196. The number of hydrogen-bond donors (Lipinski definition) is 1. The van der Waals surface area contributed by atoms with Crippen LogP contribution in [0.15, 0.2) is 152 Å². The molecule has 0 aliphatic heterocycles. The highest BCUT2D eigenvalue weighted by atomic mass is 16.6. The van der Waals surface area contributed by atoms with Gasteiger partial charge in [0.05, 0.1) is 25.1 Å². The molecule has 0 saturated carbocycles. The summed E-state index contributed by atoms with van der Waals surface area (Å²) in [5.41, 5.74) is 4.33. The molecule has 1 amide bonds. The standard InChI is InChI=1S/C46H45N5O4/c1-45(2,3)55-44(52)48-42-29-41-40(30-47-42)43(50(31-33-21-25-38(53-4)26-22-33)32-34-23-27-39(54-5)28-24-34)49-51(41)46(35-15-9-6-10-16-35,36-17-11-7-12-18-36)37-19-13-8-14-20-37/h6-30H,31-32H2,1-5H3,(H,47,48,52). The molecule has 0 spiro atoms. The molecule has 9 heteroatoms. The molecular weight excluding hydrogens is 687 g/mol. The topological polar surface area (TPSA) is 90.7 Å². The second-order valence-corrected chi connectivity index (χ2v) is 14.3. The smallest absolute Gasteiger partial charge is 0.413 e. The molecular formula is C46H45N5O4. The van der Waals surface area contributed by atoms with E-state index in [1.165, 1.54) is 0 Å². The van der Waals surface area contributed by atoms with Crippen molar-refractivity contribution in [1.82, 2.24) is 14.8 Å². The van der Waals surface area contributed by atoms with E-state index in [0.717, 1.165) is 56.0 Å². The predicted octanol–water partition coefficient (Wildman–Crippen LogP) is 9.84. The minimum atomic E-state index is -0.948. The van der Waals surface area contributed by atoms with Gasteiger partial charge in [0, 0.05) is 25.4 Å². The number of ether oxygens (including phenoxy) is 3. The van der Waals surface area contributed by atoms with Crippen LogP contribution in [0.1, 0.15) is 48.6 Å². The average Bonchev–Trinajstić information content (AvgIpc) is 3.58. The second-order valence-electron chi connectivity index (χ2n) is 14.3. The lowest BCUT2D eigenvalue weighted by atomic mass is 9.77. The molecule has 1 N–H and O–H groups in total. The van der Waals surface area contributed by atoms with E-state index in [0.29, 0.717) is 18.9 Å². The Balaban J connectivity index is 1.51. The summed E-state index contributed by atoms with van der Waals surface area (Å²) in [5.74, 6) is 2.64. The summed E-state index contributed by atoms with van der Waals surface area (Å²) in [4.78, 5) is 20.1. The van der Waals surface area contributed by atoms with Crippen LogP contribution in [0.3, 0.4) is 0 Å². The van der Waals surface area contributed by atoms with E-state index >= 15 is 0 Å². The Kier molecular flexibility index (Phi) is 10.5. The fourth-order valence-electron chi connectivity index (χ4n) is 6.97. The van der Waals surface area contributed by atoms with Gasteiger partial charge in [-0.3, -0.25) is 5.32 Å². The first-order valence-electron chi connectivity index (χ1n) is 18.2. The van der Waals surface area contributed by atoms with Crippen molar-refractivity contribution in [2.45, 2.75) is 45.0 Å². The number of anilines is 2. The Labute approximate surface area is 322 Å². The zero-order valence-corrected chi connectivity index (χ0v) is 31.8. The number of rotatable bonds is 12. The molecule has 2 aromatic heterocycles. The van der Waals surface area contributed by atoms with Crippen LogP contribution in [-0.4, -0.2) is 40.7 Å². The van der Waals surface area contributed by atoms with E-state index in [1.54, 1.807) is 20.4 Å². The third kappa shape index (κ3) is 7.87. The van der Waals surface area contributed by atoms with Gasteiger partial charge in [-0.15, -0.1) is 0 Å². The molecule has 0 bridgehead atoms. The molecule has 0 radical (unpaired) electrons. The molecule has 9 nitrogen and oxygen atoms in total. The van der Waals surface area contributed by atoms with Crippen LogP contribution in [0.2, 0.25) is 0 Å². The van der Waals surface area contributed by atoms with Crippen LogP contribution in [0.25, 0.3) is 10.9 Å². The zero-order valence-electron chi connectivity index (χ0n) is 31.8. The number of nitrogens with one attached hydrogen (secondary N) is 1. The van der Waals surface area contributed by atoms with Gasteiger partial charge in [0.25, 0.3) is 0 Å². The molecule has 0 atom stereocenters. The number of benzene rings is 5. The lowest BCUT2D eigenvalue weighted by molar-refractivity contribution is 0.0635. The molecule has 55 heavy (non-hydrogen) atoms. The number of methoxy groups -OCH3 is 2. The number of pyridine rings is 1. The van der Waals surface area contributed by atoms with E-state index in [1.807, 2.05) is 69.3 Å². The van der Waals surface area contributed by atoms with Crippen molar-refractivity contribution in [2.75, 3.05) is 24.4 Å². The van der Waals surface area contributed by atoms with E-state index < -0.39 is 17.2 Å². The first-order chi connectivity index (χ1) is 26.7. The molecule has 7 rings (SSSR count). The Hall–Kier alpha value is -6.61. The van der Waals surface area contributed by atoms with Crippen LogP contribution in [0, 0.1) is 0 Å². The minimum Gasteiger partial charge on any atom is -0.497 e. The monoisotopic (exact) mass is 731 g/mol. The van der Waals surface area contributed by atoms with Crippen molar-refractivity contribution in [3.63, 3.8) is 0 Å². The summed E-state index contributed by atoms with van der Waals surface area (Å²) in [6, 6.07) is 49.3. The zero-order chi connectivity index (χ0) is 38.4. The number of aromatic nitrogens is 3. The lowest BCUT2D eigenvalue weighted by Crippen LogP contribution is -2.39. The molecule has 0 fully saturated rings. The molecule has 0 unspecified atom stereocenters. The van der Waals surface area contributed by atoms with Crippen LogP contribution >= 0.6 is 0 Å². The Morgan fingerprint density at radius 1 is 0.673 bits per heavy atom. The number of amides is 1. The summed E-state index contributed by atoms with van der Waals surface area (Å²) in [7, 11) is 3.34. The summed E-state index contributed by atoms with van der Waals surface area (Å²) >= 11 is 0. The summed E-state index contributed by atoms with van der Waals surface area (Å²) in [6.07, 6.45) is 1.20. The SMILES string of the molecule is COc1ccc(CN(Cc2ccc(OC)cc2)c2nn(C(c3ccccc3)(c3ccccc3)c3ccccc3)c3cc(NC(=O)OC(C)(C)C)ncc23)cc1. The van der Waals surface area contributed by atoms with Crippen molar-refractivity contribution in [3.05, 3.63) is 180 Å². The van der Waals surface area contributed by atoms with Crippen LogP contribution in [-0.2, 0) is 23.4 Å². The molecule has 0 aliphatic rings. The molecule has 2 heterocycles. The van der Waals surface area contributed by atoms with Crippen LogP contribution < -0.4 is 19.7 Å². The predicted molar refractivity (Wildman–Crippen MR) is 218 cm³/mol. The average molecular weight is 732 g/mol. The van der Waals surface area contributed by atoms with E-state index in [2.05, 4.69) is 112 Å².